The predicted molar refractivity (Wildman–Crippen MR) is 118 cm³/mol. The van der Waals surface area contributed by atoms with Crippen LogP contribution in [0.2, 0.25) is 0 Å². The first-order chi connectivity index (χ1) is 15.1. The van der Waals surface area contributed by atoms with Gasteiger partial charge in [-0.2, -0.15) is 4.31 Å². The second kappa shape index (κ2) is 9.86. The summed E-state index contributed by atoms with van der Waals surface area (Å²) in [6, 6.07) is 17.7. The van der Waals surface area contributed by atoms with Gasteiger partial charge in [-0.25, -0.2) is 30.3 Å². The van der Waals surface area contributed by atoms with E-state index < -0.39 is 43.5 Å². The largest absolute Gasteiger partial charge is 0.242 e. The molecule has 0 heterocycles. The Hall–Kier alpha value is -2.66. The van der Waals surface area contributed by atoms with Crippen LogP contribution in [0.25, 0.3) is 0 Å². The lowest BCUT2D eigenvalue weighted by molar-refractivity contribution is 0.482. The molecule has 0 radical (unpaired) electrons. The van der Waals surface area contributed by atoms with E-state index in [9.17, 15) is 25.6 Å². The molecule has 1 unspecified atom stereocenters. The second-order valence-electron chi connectivity index (χ2n) is 7.11. The molecule has 3 aromatic carbocycles. The number of halogens is 2. The zero-order chi connectivity index (χ0) is 23.4. The molecule has 170 valence electrons. The summed E-state index contributed by atoms with van der Waals surface area (Å²) in [4.78, 5) is -0.139. The quantitative estimate of drug-likeness (QED) is 0.510. The van der Waals surface area contributed by atoms with E-state index in [0.717, 1.165) is 28.6 Å². The number of sulfonamides is 2. The number of benzene rings is 3. The van der Waals surface area contributed by atoms with Gasteiger partial charge >= 0.3 is 0 Å². The number of nitrogens with one attached hydrogen (secondary N) is 1. The maximum atomic E-state index is 13.4. The first-order valence-corrected chi connectivity index (χ1v) is 12.7. The molecule has 0 aliphatic heterocycles. The zero-order valence-corrected chi connectivity index (χ0v) is 18.8. The minimum atomic E-state index is -3.98. The number of hydrogen-bond acceptors (Lipinski definition) is 4. The van der Waals surface area contributed by atoms with Crippen molar-refractivity contribution in [3.05, 3.63) is 102 Å². The highest BCUT2D eigenvalue weighted by Gasteiger charge is 2.25. The Morgan fingerprint density at radius 2 is 1.28 bits per heavy atom. The summed E-state index contributed by atoms with van der Waals surface area (Å²) < 4.78 is 80.8. The Morgan fingerprint density at radius 3 is 1.84 bits per heavy atom. The van der Waals surface area contributed by atoms with Crippen molar-refractivity contribution in [3.63, 3.8) is 0 Å². The standard InChI is InChI=1S/C22H22F2N2O4S2/c1-26(32(29,30)21-13-11-20(24)12-14-21)15-16-31(27,28)25-22(17-5-3-2-4-6-17)18-7-9-19(23)10-8-18/h2-14,22,25H,15-16H2,1H3. The molecule has 0 amide bonds. The summed E-state index contributed by atoms with van der Waals surface area (Å²) in [5.74, 6) is -1.53. The summed E-state index contributed by atoms with van der Waals surface area (Å²) in [6.45, 7) is -0.319. The van der Waals surface area contributed by atoms with Crippen molar-refractivity contribution in [1.82, 2.24) is 9.03 Å². The first kappa shape index (κ1) is 24.0. The van der Waals surface area contributed by atoms with Crippen molar-refractivity contribution in [2.75, 3.05) is 19.3 Å². The number of hydrogen-bond donors (Lipinski definition) is 1. The third-order valence-corrected chi connectivity index (χ3v) is 8.02. The van der Waals surface area contributed by atoms with Crippen LogP contribution in [0.4, 0.5) is 8.78 Å². The van der Waals surface area contributed by atoms with Gasteiger partial charge in [0.2, 0.25) is 20.0 Å². The highest BCUT2D eigenvalue weighted by molar-refractivity contribution is 7.90. The van der Waals surface area contributed by atoms with Crippen LogP contribution in [-0.4, -0.2) is 40.5 Å². The van der Waals surface area contributed by atoms with Crippen LogP contribution in [0.1, 0.15) is 17.2 Å². The molecule has 0 fully saturated rings. The summed E-state index contributed by atoms with van der Waals surface area (Å²) in [5.41, 5.74) is 1.18. The summed E-state index contributed by atoms with van der Waals surface area (Å²) >= 11 is 0. The molecule has 3 rings (SSSR count). The molecule has 0 bridgehead atoms. The van der Waals surface area contributed by atoms with Crippen molar-refractivity contribution in [3.8, 4) is 0 Å². The monoisotopic (exact) mass is 480 g/mol. The molecule has 0 aromatic heterocycles. The fourth-order valence-electron chi connectivity index (χ4n) is 3.02. The van der Waals surface area contributed by atoms with Crippen LogP contribution in [0.5, 0.6) is 0 Å². The van der Waals surface area contributed by atoms with Gasteiger partial charge in [0.05, 0.1) is 16.7 Å². The summed E-state index contributed by atoms with van der Waals surface area (Å²) in [7, 11) is -6.67. The zero-order valence-electron chi connectivity index (χ0n) is 17.1. The van der Waals surface area contributed by atoms with E-state index in [0.29, 0.717) is 11.1 Å². The molecule has 1 atom stereocenters. The Balaban J connectivity index is 1.77. The molecule has 0 saturated heterocycles. The Bertz CT molecular complexity index is 1250. The van der Waals surface area contributed by atoms with E-state index in [4.69, 9.17) is 0 Å². The molecule has 1 N–H and O–H groups in total. The van der Waals surface area contributed by atoms with Gasteiger partial charge in [-0.05, 0) is 47.5 Å². The highest BCUT2D eigenvalue weighted by atomic mass is 32.2. The molecule has 0 aliphatic rings. The van der Waals surface area contributed by atoms with E-state index in [1.165, 1.54) is 31.3 Å². The fraction of sp³-hybridized carbons (Fsp3) is 0.182. The average molecular weight is 481 g/mol. The van der Waals surface area contributed by atoms with Gasteiger partial charge in [0, 0.05) is 13.6 Å². The lowest BCUT2D eigenvalue weighted by atomic mass is 10.00. The molecule has 0 aliphatic carbocycles. The third-order valence-electron chi connectivity index (χ3n) is 4.83. The molecule has 6 nitrogen and oxygen atoms in total. The minimum Gasteiger partial charge on any atom is -0.212 e. The molecular formula is C22H22F2N2O4S2. The van der Waals surface area contributed by atoms with Crippen LogP contribution >= 0.6 is 0 Å². The molecule has 3 aromatic rings. The molecule has 32 heavy (non-hydrogen) atoms. The smallest absolute Gasteiger partial charge is 0.212 e. The fourth-order valence-corrected chi connectivity index (χ4v) is 5.57. The highest BCUT2D eigenvalue weighted by Crippen LogP contribution is 2.23. The van der Waals surface area contributed by atoms with E-state index in [1.54, 1.807) is 30.3 Å². The van der Waals surface area contributed by atoms with Gasteiger partial charge in [-0.3, -0.25) is 0 Å². The lowest BCUT2D eigenvalue weighted by Gasteiger charge is -2.21. The lowest BCUT2D eigenvalue weighted by Crippen LogP contribution is -2.37. The van der Waals surface area contributed by atoms with Gasteiger partial charge in [0.15, 0.2) is 0 Å². The Labute approximate surface area is 186 Å². The van der Waals surface area contributed by atoms with Crippen LogP contribution in [0, 0.1) is 11.6 Å². The van der Waals surface area contributed by atoms with Crippen LogP contribution < -0.4 is 4.72 Å². The SMILES string of the molecule is CN(CCS(=O)(=O)NC(c1ccccc1)c1ccc(F)cc1)S(=O)(=O)c1ccc(F)cc1. The molecule has 10 heteroatoms. The van der Waals surface area contributed by atoms with Crippen LogP contribution in [0.15, 0.2) is 83.8 Å². The Kier molecular flexibility index (Phi) is 7.40. The predicted octanol–water partition coefficient (Wildman–Crippen LogP) is 3.29. The van der Waals surface area contributed by atoms with Crippen LogP contribution in [-0.2, 0) is 20.0 Å². The van der Waals surface area contributed by atoms with Gasteiger partial charge < -0.3 is 0 Å². The van der Waals surface area contributed by atoms with Crippen LogP contribution in [0.3, 0.4) is 0 Å². The van der Waals surface area contributed by atoms with Gasteiger partial charge in [-0.1, -0.05) is 42.5 Å². The number of nitrogens with zero attached hydrogens (tertiary/aromatic N) is 1. The maximum absolute atomic E-state index is 13.4. The van der Waals surface area contributed by atoms with E-state index in [1.807, 2.05) is 0 Å². The molecular weight excluding hydrogens is 458 g/mol. The van der Waals surface area contributed by atoms with Crippen molar-refractivity contribution >= 4 is 20.0 Å². The van der Waals surface area contributed by atoms with Crippen molar-refractivity contribution in [2.24, 2.45) is 0 Å². The van der Waals surface area contributed by atoms with E-state index >= 15 is 0 Å². The van der Waals surface area contributed by atoms with Crippen molar-refractivity contribution in [1.29, 1.82) is 0 Å². The van der Waals surface area contributed by atoms with Gasteiger partial charge in [0.1, 0.15) is 11.6 Å². The van der Waals surface area contributed by atoms with Gasteiger partial charge in [-0.15, -0.1) is 0 Å². The van der Waals surface area contributed by atoms with E-state index in [-0.39, 0.29) is 11.4 Å². The second-order valence-corrected chi connectivity index (χ2v) is 11.0. The first-order valence-electron chi connectivity index (χ1n) is 9.61. The molecule has 0 spiro atoms. The maximum Gasteiger partial charge on any atom is 0.242 e. The van der Waals surface area contributed by atoms with E-state index in [2.05, 4.69) is 4.72 Å². The molecule has 0 saturated carbocycles. The summed E-state index contributed by atoms with van der Waals surface area (Å²) in [6.07, 6.45) is 0. The third kappa shape index (κ3) is 5.98. The number of rotatable bonds is 9. The van der Waals surface area contributed by atoms with Crippen molar-refractivity contribution in [2.45, 2.75) is 10.9 Å². The normalized spacial score (nSPS) is 13.2. The topological polar surface area (TPSA) is 83.6 Å². The summed E-state index contributed by atoms with van der Waals surface area (Å²) in [5, 5.41) is 0. The average Bonchev–Trinajstić information content (AvgIpc) is 2.77. The van der Waals surface area contributed by atoms with Crippen molar-refractivity contribution < 1.29 is 25.6 Å². The minimum absolute atomic E-state index is 0.139. The van der Waals surface area contributed by atoms with Gasteiger partial charge in [0.25, 0.3) is 0 Å². The Morgan fingerprint density at radius 1 is 0.781 bits per heavy atom.